The summed E-state index contributed by atoms with van der Waals surface area (Å²) in [6, 6.07) is 0. The predicted molar refractivity (Wildman–Crippen MR) is 34.2 cm³/mol. The van der Waals surface area contributed by atoms with Gasteiger partial charge in [-0.3, -0.25) is 0 Å². The summed E-state index contributed by atoms with van der Waals surface area (Å²) in [4.78, 5) is 0. The van der Waals surface area contributed by atoms with Crippen molar-refractivity contribution < 1.29 is 0 Å². The SMILES string of the molecule is NC1=CCNC=C1Cl. The Kier molecular flexibility index (Phi) is 1.44. The average molecular weight is 131 g/mol. The van der Waals surface area contributed by atoms with Crippen LogP contribution in [0, 0.1) is 0 Å². The summed E-state index contributed by atoms with van der Waals surface area (Å²) >= 11 is 5.57. The lowest BCUT2D eigenvalue weighted by atomic mass is 10.3. The number of dihydropyridines is 1. The van der Waals surface area contributed by atoms with Gasteiger partial charge in [-0.05, 0) is 6.08 Å². The van der Waals surface area contributed by atoms with E-state index in [0.717, 1.165) is 6.54 Å². The molecule has 0 amide bonds. The van der Waals surface area contributed by atoms with Crippen molar-refractivity contribution in [3.05, 3.63) is 23.0 Å². The highest BCUT2D eigenvalue weighted by atomic mass is 35.5. The number of hydrogen-bond acceptors (Lipinski definition) is 2. The van der Waals surface area contributed by atoms with Crippen LogP contribution in [-0.2, 0) is 0 Å². The van der Waals surface area contributed by atoms with Gasteiger partial charge in [0.05, 0.1) is 5.03 Å². The largest absolute Gasteiger partial charge is 0.398 e. The minimum atomic E-state index is 0.594. The second-order valence-corrected chi connectivity index (χ2v) is 1.97. The first kappa shape index (κ1) is 5.51. The van der Waals surface area contributed by atoms with Crippen molar-refractivity contribution in [3.63, 3.8) is 0 Å². The van der Waals surface area contributed by atoms with Crippen LogP contribution < -0.4 is 11.1 Å². The highest BCUT2D eigenvalue weighted by molar-refractivity contribution is 6.31. The number of halogens is 1. The fraction of sp³-hybridized carbons (Fsp3) is 0.200. The van der Waals surface area contributed by atoms with Crippen molar-refractivity contribution >= 4 is 11.6 Å². The molecule has 1 rings (SSSR count). The molecular formula is C5H7ClN2. The van der Waals surface area contributed by atoms with Gasteiger partial charge in [0, 0.05) is 18.4 Å². The molecule has 0 aromatic carbocycles. The molecule has 2 nitrogen and oxygen atoms in total. The van der Waals surface area contributed by atoms with Crippen LogP contribution in [-0.4, -0.2) is 6.54 Å². The number of hydrogen-bond donors (Lipinski definition) is 2. The summed E-state index contributed by atoms with van der Waals surface area (Å²) < 4.78 is 0. The molecule has 0 unspecified atom stereocenters. The highest BCUT2D eigenvalue weighted by Gasteiger charge is 1.98. The van der Waals surface area contributed by atoms with E-state index in [0.29, 0.717) is 10.7 Å². The third kappa shape index (κ3) is 0.954. The number of nitrogens with two attached hydrogens (primary N) is 1. The van der Waals surface area contributed by atoms with Crippen LogP contribution in [0.1, 0.15) is 0 Å². The normalized spacial score (nSPS) is 18.6. The topological polar surface area (TPSA) is 38.0 Å². The zero-order chi connectivity index (χ0) is 5.98. The standard InChI is InChI=1S/C5H7ClN2/c6-4-3-8-2-1-5(4)7/h1,3,8H,2,7H2. The first-order chi connectivity index (χ1) is 3.80. The molecule has 0 saturated heterocycles. The monoisotopic (exact) mass is 130 g/mol. The smallest absolute Gasteiger partial charge is 0.0789 e. The summed E-state index contributed by atoms with van der Waals surface area (Å²) in [5.41, 5.74) is 6.06. The summed E-state index contributed by atoms with van der Waals surface area (Å²) in [7, 11) is 0. The average Bonchev–Trinajstić information content (AvgIpc) is 1.77. The van der Waals surface area contributed by atoms with Gasteiger partial charge in [-0.1, -0.05) is 11.6 Å². The van der Waals surface area contributed by atoms with E-state index < -0.39 is 0 Å². The molecule has 0 aromatic rings. The van der Waals surface area contributed by atoms with Gasteiger partial charge in [-0.25, -0.2) is 0 Å². The van der Waals surface area contributed by atoms with Gasteiger partial charge in [0.1, 0.15) is 0 Å². The summed E-state index contributed by atoms with van der Waals surface area (Å²) in [5, 5.41) is 3.51. The van der Waals surface area contributed by atoms with E-state index in [-0.39, 0.29) is 0 Å². The minimum absolute atomic E-state index is 0.594. The molecule has 44 valence electrons. The van der Waals surface area contributed by atoms with E-state index in [1.54, 1.807) is 6.20 Å². The van der Waals surface area contributed by atoms with Crippen molar-refractivity contribution in [1.29, 1.82) is 0 Å². The van der Waals surface area contributed by atoms with E-state index in [9.17, 15) is 0 Å². The lowest BCUT2D eigenvalue weighted by molar-refractivity contribution is 0.948. The van der Waals surface area contributed by atoms with E-state index in [2.05, 4.69) is 5.32 Å². The lowest BCUT2D eigenvalue weighted by Gasteiger charge is -2.05. The summed E-state index contributed by atoms with van der Waals surface area (Å²) in [5.74, 6) is 0. The molecule has 0 saturated carbocycles. The molecule has 0 aliphatic carbocycles. The Morgan fingerprint density at radius 2 is 2.50 bits per heavy atom. The predicted octanol–water partition coefficient (Wildman–Crippen LogP) is 0.512. The molecule has 0 fully saturated rings. The molecule has 0 radical (unpaired) electrons. The Labute approximate surface area is 53.0 Å². The van der Waals surface area contributed by atoms with Crippen molar-refractivity contribution in [2.45, 2.75) is 0 Å². The Morgan fingerprint density at radius 1 is 1.75 bits per heavy atom. The van der Waals surface area contributed by atoms with Crippen molar-refractivity contribution in [2.24, 2.45) is 5.73 Å². The molecule has 1 aliphatic rings. The third-order valence-corrected chi connectivity index (χ3v) is 1.27. The number of nitrogens with one attached hydrogen (secondary N) is 1. The van der Waals surface area contributed by atoms with Crippen molar-refractivity contribution in [3.8, 4) is 0 Å². The molecule has 1 heterocycles. The maximum Gasteiger partial charge on any atom is 0.0789 e. The lowest BCUT2D eigenvalue weighted by Crippen LogP contribution is -2.14. The number of allylic oxidation sites excluding steroid dienone is 1. The quantitative estimate of drug-likeness (QED) is 0.502. The Bertz CT molecular complexity index is 131. The maximum absolute atomic E-state index is 5.57. The van der Waals surface area contributed by atoms with E-state index >= 15 is 0 Å². The third-order valence-electron chi connectivity index (χ3n) is 0.944. The van der Waals surface area contributed by atoms with Gasteiger partial charge in [0.2, 0.25) is 0 Å². The van der Waals surface area contributed by atoms with E-state index in [1.807, 2.05) is 6.08 Å². The molecule has 8 heavy (non-hydrogen) atoms. The maximum atomic E-state index is 5.57. The Morgan fingerprint density at radius 3 is 2.88 bits per heavy atom. The summed E-state index contributed by atoms with van der Waals surface area (Å²) in [6.45, 7) is 0.780. The van der Waals surface area contributed by atoms with Gasteiger partial charge < -0.3 is 11.1 Å². The zero-order valence-electron chi connectivity index (χ0n) is 4.32. The van der Waals surface area contributed by atoms with Crippen LogP contribution >= 0.6 is 11.6 Å². The molecule has 0 bridgehead atoms. The van der Waals surface area contributed by atoms with Crippen LogP contribution in [0.4, 0.5) is 0 Å². The first-order valence-corrected chi connectivity index (χ1v) is 2.73. The molecule has 3 heteroatoms. The molecule has 1 aliphatic heterocycles. The fourth-order valence-electron chi connectivity index (χ4n) is 0.498. The zero-order valence-corrected chi connectivity index (χ0v) is 5.07. The van der Waals surface area contributed by atoms with Crippen LogP contribution in [0.5, 0.6) is 0 Å². The molecule has 0 atom stereocenters. The van der Waals surface area contributed by atoms with Gasteiger partial charge in [-0.2, -0.15) is 0 Å². The molecule has 0 spiro atoms. The van der Waals surface area contributed by atoms with Crippen molar-refractivity contribution in [1.82, 2.24) is 5.32 Å². The van der Waals surface area contributed by atoms with E-state index in [4.69, 9.17) is 17.3 Å². The number of rotatable bonds is 0. The highest BCUT2D eigenvalue weighted by Crippen LogP contribution is 2.09. The Hall–Kier alpha value is -0.630. The second-order valence-electron chi connectivity index (χ2n) is 1.56. The van der Waals surface area contributed by atoms with Gasteiger partial charge in [0.15, 0.2) is 0 Å². The van der Waals surface area contributed by atoms with Crippen LogP contribution in [0.25, 0.3) is 0 Å². The van der Waals surface area contributed by atoms with Gasteiger partial charge in [0.25, 0.3) is 0 Å². The summed E-state index contributed by atoms with van der Waals surface area (Å²) in [6.07, 6.45) is 3.53. The minimum Gasteiger partial charge on any atom is -0.398 e. The van der Waals surface area contributed by atoms with Crippen molar-refractivity contribution in [2.75, 3.05) is 6.54 Å². The van der Waals surface area contributed by atoms with Crippen LogP contribution in [0.15, 0.2) is 23.0 Å². The fourth-order valence-corrected chi connectivity index (χ4v) is 0.653. The van der Waals surface area contributed by atoms with Crippen LogP contribution in [0.2, 0.25) is 0 Å². The van der Waals surface area contributed by atoms with Crippen LogP contribution in [0.3, 0.4) is 0 Å². The molecular weight excluding hydrogens is 124 g/mol. The van der Waals surface area contributed by atoms with Gasteiger partial charge in [-0.15, -0.1) is 0 Å². The Balaban J connectivity index is 2.73. The first-order valence-electron chi connectivity index (χ1n) is 2.36. The van der Waals surface area contributed by atoms with Gasteiger partial charge >= 0.3 is 0 Å². The molecule has 0 aromatic heterocycles. The second kappa shape index (κ2) is 2.09. The van der Waals surface area contributed by atoms with E-state index in [1.165, 1.54) is 0 Å². The molecule has 3 N–H and O–H groups in total.